The van der Waals surface area contributed by atoms with E-state index >= 15 is 0 Å². The number of hydrogen-bond acceptors (Lipinski definition) is 3. The van der Waals surface area contributed by atoms with Gasteiger partial charge in [0.05, 0.1) is 32.1 Å². The Labute approximate surface area is 113 Å². The lowest BCUT2D eigenvalue weighted by molar-refractivity contribution is -0.139. The molecule has 0 saturated carbocycles. The van der Waals surface area contributed by atoms with Gasteiger partial charge in [0.1, 0.15) is 0 Å². The lowest BCUT2D eigenvalue weighted by Gasteiger charge is -2.35. The van der Waals surface area contributed by atoms with Gasteiger partial charge in [-0.15, -0.1) is 0 Å². The first-order valence-electron chi connectivity index (χ1n) is 6.12. The molecular weight excluding hydrogens is 281 g/mol. The molecule has 0 aromatic carbocycles. The minimum absolute atomic E-state index is 0.0629. The van der Waals surface area contributed by atoms with Crippen LogP contribution in [0.15, 0.2) is 0 Å². The summed E-state index contributed by atoms with van der Waals surface area (Å²) in [5.41, 5.74) is 0. The fourth-order valence-corrected chi connectivity index (χ4v) is 1.98. The summed E-state index contributed by atoms with van der Waals surface area (Å²) in [6, 6.07) is -2.44. The van der Waals surface area contributed by atoms with E-state index in [-0.39, 0.29) is 26.2 Å². The molecule has 0 radical (unpaired) electrons. The number of carboxylic acids is 1. The van der Waals surface area contributed by atoms with Crippen molar-refractivity contribution >= 4 is 12.0 Å². The Morgan fingerprint density at radius 3 is 2.70 bits per heavy atom. The molecule has 0 spiro atoms. The van der Waals surface area contributed by atoms with Crippen molar-refractivity contribution in [3.63, 3.8) is 0 Å². The molecule has 6 nitrogen and oxygen atoms in total. The van der Waals surface area contributed by atoms with Crippen LogP contribution in [-0.4, -0.2) is 60.0 Å². The molecule has 1 rings (SSSR count). The van der Waals surface area contributed by atoms with Crippen molar-refractivity contribution < 1.29 is 32.6 Å². The predicted octanol–water partition coefficient (Wildman–Crippen LogP) is 1.21. The summed E-state index contributed by atoms with van der Waals surface area (Å²) in [6.45, 7) is 1.70. The second-order valence-corrected chi connectivity index (χ2v) is 4.69. The van der Waals surface area contributed by atoms with Gasteiger partial charge < -0.3 is 20.1 Å². The summed E-state index contributed by atoms with van der Waals surface area (Å²) in [4.78, 5) is 23.8. The van der Waals surface area contributed by atoms with Crippen LogP contribution in [0.5, 0.6) is 0 Å². The van der Waals surface area contributed by atoms with Crippen LogP contribution < -0.4 is 5.32 Å². The summed E-state index contributed by atoms with van der Waals surface area (Å²) in [5.74, 6) is -1.10. The maximum atomic E-state index is 12.2. The SMILES string of the molecule is CC(CC(F)(F)F)NC(=O)N1CCOCC1CC(=O)O. The number of urea groups is 1. The van der Waals surface area contributed by atoms with E-state index in [9.17, 15) is 22.8 Å². The van der Waals surface area contributed by atoms with Gasteiger partial charge in [0.2, 0.25) is 0 Å². The van der Waals surface area contributed by atoms with Gasteiger partial charge in [-0.1, -0.05) is 0 Å². The molecule has 0 aromatic rings. The molecule has 0 bridgehead atoms. The summed E-state index contributed by atoms with van der Waals surface area (Å²) in [6.07, 6.45) is -5.80. The molecule has 1 aliphatic heterocycles. The van der Waals surface area contributed by atoms with Crippen molar-refractivity contribution in [2.75, 3.05) is 19.8 Å². The first-order chi connectivity index (χ1) is 9.19. The Kier molecular flexibility index (Phi) is 5.61. The van der Waals surface area contributed by atoms with E-state index in [1.807, 2.05) is 0 Å². The van der Waals surface area contributed by atoms with Crippen molar-refractivity contribution in [1.82, 2.24) is 10.2 Å². The van der Waals surface area contributed by atoms with Crippen molar-refractivity contribution in [3.8, 4) is 0 Å². The van der Waals surface area contributed by atoms with Gasteiger partial charge in [-0.05, 0) is 6.92 Å². The number of aliphatic carboxylic acids is 1. The lowest BCUT2D eigenvalue weighted by Crippen LogP contribution is -2.54. The van der Waals surface area contributed by atoms with Crippen molar-refractivity contribution in [3.05, 3.63) is 0 Å². The maximum absolute atomic E-state index is 12.2. The third-order valence-electron chi connectivity index (χ3n) is 2.81. The minimum Gasteiger partial charge on any atom is -0.481 e. The van der Waals surface area contributed by atoms with E-state index in [0.717, 1.165) is 0 Å². The second kappa shape index (κ2) is 6.78. The largest absolute Gasteiger partial charge is 0.481 e. The Bertz CT molecular complexity index is 362. The Morgan fingerprint density at radius 2 is 2.15 bits per heavy atom. The van der Waals surface area contributed by atoms with E-state index < -0.39 is 36.7 Å². The zero-order valence-electron chi connectivity index (χ0n) is 10.9. The van der Waals surface area contributed by atoms with Crippen LogP contribution in [0.25, 0.3) is 0 Å². The number of carbonyl (C=O) groups excluding carboxylic acids is 1. The monoisotopic (exact) mass is 298 g/mol. The average molecular weight is 298 g/mol. The number of amides is 2. The van der Waals surface area contributed by atoms with Crippen LogP contribution in [0.2, 0.25) is 0 Å². The molecule has 1 aliphatic rings. The van der Waals surface area contributed by atoms with Crippen LogP contribution in [0, 0.1) is 0 Å². The topological polar surface area (TPSA) is 78.9 Å². The van der Waals surface area contributed by atoms with E-state index in [4.69, 9.17) is 9.84 Å². The number of nitrogens with one attached hydrogen (secondary N) is 1. The molecule has 2 amide bonds. The van der Waals surface area contributed by atoms with Crippen LogP contribution in [-0.2, 0) is 9.53 Å². The fraction of sp³-hybridized carbons (Fsp3) is 0.818. The number of carboxylic acid groups (broad SMARTS) is 1. The highest BCUT2D eigenvalue weighted by Crippen LogP contribution is 2.21. The number of rotatable bonds is 4. The van der Waals surface area contributed by atoms with Gasteiger partial charge in [0.25, 0.3) is 0 Å². The first-order valence-corrected chi connectivity index (χ1v) is 6.12. The van der Waals surface area contributed by atoms with Crippen LogP contribution in [0.1, 0.15) is 19.8 Å². The molecular formula is C11H17F3N2O4. The summed E-state index contributed by atoms with van der Waals surface area (Å²) >= 11 is 0. The van der Waals surface area contributed by atoms with Gasteiger partial charge >= 0.3 is 18.2 Å². The number of alkyl halides is 3. The van der Waals surface area contributed by atoms with Gasteiger partial charge in [-0.3, -0.25) is 4.79 Å². The van der Waals surface area contributed by atoms with Crippen LogP contribution in [0.3, 0.4) is 0 Å². The number of morpholine rings is 1. The molecule has 1 heterocycles. The molecule has 116 valence electrons. The Balaban J connectivity index is 2.57. The molecule has 2 N–H and O–H groups in total. The first kappa shape index (κ1) is 16.5. The van der Waals surface area contributed by atoms with Gasteiger partial charge in [-0.25, -0.2) is 4.79 Å². The number of carbonyl (C=O) groups is 2. The summed E-state index contributed by atoms with van der Waals surface area (Å²) in [5, 5.41) is 11.0. The number of hydrogen-bond donors (Lipinski definition) is 2. The molecule has 0 aromatic heterocycles. The van der Waals surface area contributed by atoms with Crippen LogP contribution in [0.4, 0.5) is 18.0 Å². The Morgan fingerprint density at radius 1 is 1.50 bits per heavy atom. The quantitative estimate of drug-likeness (QED) is 0.818. The molecule has 2 atom stereocenters. The highest BCUT2D eigenvalue weighted by molar-refractivity contribution is 5.76. The normalized spacial score (nSPS) is 21.4. The fourth-order valence-electron chi connectivity index (χ4n) is 1.98. The third kappa shape index (κ3) is 5.64. The minimum atomic E-state index is -4.36. The number of ether oxygens (including phenoxy) is 1. The third-order valence-corrected chi connectivity index (χ3v) is 2.81. The summed E-state index contributed by atoms with van der Waals surface area (Å²) < 4.78 is 41.6. The predicted molar refractivity (Wildman–Crippen MR) is 62.2 cm³/mol. The maximum Gasteiger partial charge on any atom is 0.391 e. The molecule has 0 aliphatic carbocycles. The highest BCUT2D eigenvalue weighted by Gasteiger charge is 2.33. The second-order valence-electron chi connectivity index (χ2n) is 4.69. The molecule has 2 unspecified atom stereocenters. The lowest BCUT2D eigenvalue weighted by atomic mass is 10.1. The highest BCUT2D eigenvalue weighted by atomic mass is 19.4. The van der Waals surface area contributed by atoms with E-state index in [1.165, 1.54) is 11.8 Å². The van der Waals surface area contributed by atoms with Gasteiger partial charge in [0.15, 0.2) is 0 Å². The van der Waals surface area contributed by atoms with Crippen molar-refractivity contribution in [1.29, 1.82) is 0 Å². The smallest absolute Gasteiger partial charge is 0.391 e. The molecule has 1 fully saturated rings. The van der Waals surface area contributed by atoms with Gasteiger partial charge in [0, 0.05) is 12.6 Å². The van der Waals surface area contributed by atoms with E-state index in [0.29, 0.717) is 0 Å². The molecule has 1 saturated heterocycles. The molecule has 9 heteroatoms. The van der Waals surface area contributed by atoms with Crippen LogP contribution >= 0.6 is 0 Å². The van der Waals surface area contributed by atoms with E-state index in [2.05, 4.69) is 5.32 Å². The van der Waals surface area contributed by atoms with Crippen molar-refractivity contribution in [2.24, 2.45) is 0 Å². The van der Waals surface area contributed by atoms with Crippen molar-refractivity contribution in [2.45, 2.75) is 38.0 Å². The van der Waals surface area contributed by atoms with Gasteiger partial charge in [-0.2, -0.15) is 13.2 Å². The zero-order chi connectivity index (χ0) is 15.3. The number of halogens is 3. The Hall–Kier alpha value is -1.51. The summed E-state index contributed by atoms with van der Waals surface area (Å²) in [7, 11) is 0. The van der Waals surface area contributed by atoms with E-state index in [1.54, 1.807) is 0 Å². The molecule has 20 heavy (non-hydrogen) atoms. The number of nitrogens with zero attached hydrogens (tertiary/aromatic N) is 1. The standard InChI is InChI=1S/C11H17F3N2O4/c1-7(5-11(12,13)14)15-10(19)16-2-3-20-6-8(16)4-9(17)18/h7-8H,2-6H2,1H3,(H,15,19)(H,17,18). The average Bonchev–Trinajstić information content (AvgIpc) is 2.25. The zero-order valence-corrected chi connectivity index (χ0v) is 10.9.